The van der Waals surface area contributed by atoms with E-state index in [-0.39, 0.29) is 34.4 Å². The van der Waals surface area contributed by atoms with Crippen LogP contribution >= 0.6 is 11.3 Å². The van der Waals surface area contributed by atoms with Crippen LogP contribution in [0.4, 0.5) is 15.8 Å². The van der Waals surface area contributed by atoms with Gasteiger partial charge in [-0.3, -0.25) is 4.79 Å². The molecule has 2 aromatic carbocycles. The summed E-state index contributed by atoms with van der Waals surface area (Å²) in [5, 5.41) is 1.85. The van der Waals surface area contributed by atoms with Crippen molar-refractivity contribution in [3.8, 4) is 11.6 Å². The van der Waals surface area contributed by atoms with Gasteiger partial charge in [0.1, 0.15) is 11.6 Å². The van der Waals surface area contributed by atoms with Crippen LogP contribution in [-0.4, -0.2) is 69.6 Å². The molecule has 2 aliphatic heterocycles. The van der Waals surface area contributed by atoms with Crippen molar-refractivity contribution in [2.75, 3.05) is 55.7 Å². The second kappa shape index (κ2) is 11.9. The molecule has 2 atom stereocenters. The largest absolute Gasteiger partial charge is 0.439 e. The third-order valence-electron chi connectivity index (χ3n) is 8.62. The summed E-state index contributed by atoms with van der Waals surface area (Å²) in [5.41, 5.74) is 1.00. The number of pyridine rings is 1. The van der Waals surface area contributed by atoms with Gasteiger partial charge in [-0.25, -0.2) is 17.8 Å². The van der Waals surface area contributed by atoms with Gasteiger partial charge in [0.2, 0.25) is 15.9 Å². The van der Waals surface area contributed by atoms with E-state index in [2.05, 4.69) is 4.98 Å². The number of carbonyl (C=O) groups is 1. The van der Waals surface area contributed by atoms with Gasteiger partial charge < -0.3 is 19.3 Å². The van der Waals surface area contributed by atoms with Gasteiger partial charge in [0.05, 0.1) is 28.7 Å². The van der Waals surface area contributed by atoms with E-state index in [9.17, 15) is 13.2 Å². The van der Waals surface area contributed by atoms with E-state index in [4.69, 9.17) is 9.47 Å². The summed E-state index contributed by atoms with van der Waals surface area (Å²) >= 11 is 1.35. The fourth-order valence-corrected chi connectivity index (χ4v) is 8.40. The Morgan fingerprint density at radius 1 is 1.02 bits per heavy atom. The van der Waals surface area contributed by atoms with E-state index < -0.39 is 10.0 Å². The van der Waals surface area contributed by atoms with Crippen molar-refractivity contribution >= 4 is 38.6 Å². The highest BCUT2D eigenvalue weighted by atomic mass is 32.2. The molecule has 12 heteroatoms. The van der Waals surface area contributed by atoms with Gasteiger partial charge in [-0.1, -0.05) is 12.1 Å². The number of piperidine rings is 1. The Hall–Kier alpha value is -3.84. The number of hydrogen-bond donors (Lipinski definition) is 0. The minimum atomic E-state index is -3.69. The van der Waals surface area contributed by atoms with Crippen molar-refractivity contribution in [2.24, 2.45) is 17.8 Å². The average molecular weight is 635 g/mol. The van der Waals surface area contributed by atoms with E-state index in [1.807, 2.05) is 22.4 Å². The van der Waals surface area contributed by atoms with E-state index in [0.29, 0.717) is 73.8 Å². The molecule has 0 radical (unpaired) electrons. The molecule has 2 unspecified atom stereocenters. The van der Waals surface area contributed by atoms with Gasteiger partial charge in [-0.15, -0.1) is 11.3 Å². The molecule has 0 N–H and O–H groups in total. The number of carbonyl (C=O) groups excluding carboxylic acids is 1. The molecule has 3 aliphatic rings. The van der Waals surface area contributed by atoms with Crippen molar-refractivity contribution in [3.05, 3.63) is 95.1 Å². The second-order valence-electron chi connectivity index (χ2n) is 11.2. The predicted octanol–water partition coefficient (Wildman–Crippen LogP) is 5.12. The van der Waals surface area contributed by atoms with Crippen molar-refractivity contribution in [1.82, 2.24) is 9.29 Å². The molecule has 2 aromatic heterocycles. The second-order valence-corrected chi connectivity index (χ2v) is 14.1. The molecule has 2 saturated heterocycles. The van der Waals surface area contributed by atoms with Crippen LogP contribution in [0, 0.1) is 23.6 Å². The number of morpholine rings is 1. The first-order chi connectivity index (χ1) is 21.4. The molecule has 228 valence electrons. The summed E-state index contributed by atoms with van der Waals surface area (Å²) in [6, 6.07) is 20.2. The monoisotopic (exact) mass is 634 g/mol. The number of anilines is 2. The Bertz CT molecular complexity index is 1720. The first-order valence-corrected chi connectivity index (χ1v) is 16.9. The molecule has 7 rings (SSSR count). The molecule has 1 aliphatic carbocycles. The Kier molecular flexibility index (Phi) is 7.83. The standard InChI is InChI=1S/C32H31FN4O5S2/c33-28-18-22(6-11-29(28)35-13-15-41-16-14-35)37(32(38)30-4-3-17-43-30)21-27-25-19-36(20-26(25)27)44(39,40)24-9-7-23(8-10-24)42-31-5-1-2-12-34-31/h1-12,17-18,25-27H,13-16,19-21H2. The first-order valence-electron chi connectivity index (χ1n) is 14.6. The maximum atomic E-state index is 15.4. The van der Waals surface area contributed by atoms with Gasteiger partial charge in [0.25, 0.3) is 5.91 Å². The van der Waals surface area contributed by atoms with Gasteiger partial charge in [-0.05, 0) is 77.7 Å². The van der Waals surface area contributed by atoms with E-state index in [1.54, 1.807) is 65.7 Å². The maximum Gasteiger partial charge on any atom is 0.268 e. The number of nitrogens with zero attached hydrogens (tertiary/aromatic N) is 4. The minimum Gasteiger partial charge on any atom is -0.439 e. The number of aromatic nitrogens is 1. The molecule has 0 spiro atoms. The highest BCUT2D eigenvalue weighted by Gasteiger charge is 2.58. The number of fused-ring (bicyclic) bond motifs is 1. The summed E-state index contributed by atoms with van der Waals surface area (Å²) < 4.78 is 54.9. The third-order valence-corrected chi connectivity index (χ3v) is 11.3. The smallest absolute Gasteiger partial charge is 0.268 e. The first kappa shape index (κ1) is 28.9. The van der Waals surface area contributed by atoms with Crippen LogP contribution in [0.3, 0.4) is 0 Å². The lowest BCUT2D eigenvalue weighted by molar-refractivity contribution is 0.0988. The molecular formula is C32H31FN4O5S2. The summed E-state index contributed by atoms with van der Waals surface area (Å²) in [6.45, 7) is 3.49. The van der Waals surface area contributed by atoms with Crippen LogP contribution in [0.5, 0.6) is 11.6 Å². The highest BCUT2D eigenvalue weighted by molar-refractivity contribution is 7.89. The average Bonchev–Trinajstić information content (AvgIpc) is 3.43. The number of thiophene rings is 1. The molecule has 0 bridgehead atoms. The molecule has 44 heavy (non-hydrogen) atoms. The molecule has 3 fully saturated rings. The fourth-order valence-electron chi connectivity index (χ4n) is 6.21. The zero-order chi connectivity index (χ0) is 30.3. The van der Waals surface area contributed by atoms with E-state index in [1.165, 1.54) is 21.7 Å². The van der Waals surface area contributed by atoms with Gasteiger partial charge in [-0.2, -0.15) is 4.31 Å². The number of rotatable bonds is 9. The fraction of sp³-hybridized carbons (Fsp3) is 0.312. The van der Waals surface area contributed by atoms with E-state index >= 15 is 4.39 Å². The van der Waals surface area contributed by atoms with Crippen LogP contribution in [0.15, 0.2) is 89.3 Å². The van der Waals surface area contributed by atoms with Crippen LogP contribution in [0.2, 0.25) is 0 Å². The van der Waals surface area contributed by atoms with E-state index in [0.717, 1.165) is 0 Å². The normalized spacial score (nSPS) is 21.6. The summed E-state index contributed by atoms with van der Waals surface area (Å²) in [6.07, 6.45) is 1.62. The molecule has 1 saturated carbocycles. The third kappa shape index (κ3) is 5.70. The molecule has 9 nitrogen and oxygen atoms in total. The lowest BCUT2D eigenvalue weighted by Crippen LogP contribution is -2.37. The zero-order valence-electron chi connectivity index (χ0n) is 23.8. The minimum absolute atomic E-state index is 0.126. The Morgan fingerprint density at radius 2 is 1.80 bits per heavy atom. The number of hydrogen-bond acceptors (Lipinski definition) is 8. The molecule has 4 heterocycles. The van der Waals surface area contributed by atoms with Crippen molar-refractivity contribution in [1.29, 1.82) is 0 Å². The number of sulfonamides is 1. The topological polar surface area (TPSA) is 92.3 Å². The molecule has 1 amide bonds. The zero-order valence-corrected chi connectivity index (χ0v) is 25.4. The van der Waals surface area contributed by atoms with Crippen LogP contribution in [-0.2, 0) is 14.8 Å². The lowest BCUT2D eigenvalue weighted by atomic mass is 10.2. The SMILES string of the molecule is O=C(c1cccs1)N(CC1C2CN(S(=O)(=O)c3ccc(Oc4ccccn4)cc3)CC12)c1ccc(N2CCOCC2)c(F)c1. The maximum absolute atomic E-state index is 15.4. The lowest BCUT2D eigenvalue weighted by Gasteiger charge is -2.30. The quantitative estimate of drug-likeness (QED) is 0.252. The summed E-state index contributed by atoms with van der Waals surface area (Å²) in [5.74, 6) is 0.758. The summed E-state index contributed by atoms with van der Waals surface area (Å²) in [7, 11) is -3.69. The van der Waals surface area contributed by atoms with Gasteiger partial charge in [0.15, 0.2) is 0 Å². The number of amides is 1. The Labute approximate surface area is 259 Å². The van der Waals surface area contributed by atoms with Crippen molar-refractivity contribution < 1.29 is 27.1 Å². The highest BCUT2D eigenvalue weighted by Crippen LogP contribution is 2.53. The Morgan fingerprint density at radius 3 is 2.45 bits per heavy atom. The van der Waals surface area contributed by atoms with Crippen molar-refractivity contribution in [3.63, 3.8) is 0 Å². The molecular weight excluding hydrogens is 604 g/mol. The van der Waals surface area contributed by atoms with Crippen LogP contribution in [0.1, 0.15) is 9.67 Å². The van der Waals surface area contributed by atoms with Crippen LogP contribution in [0.25, 0.3) is 0 Å². The predicted molar refractivity (Wildman–Crippen MR) is 165 cm³/mol. The Balaban J connectivity index is 1.03. The van der Waals surface area contributed by atoms with Gasteiger partial charge >= 0.3 is 0 Å². The van der Waals surface area contributed by atoms with Gasteiger partial charge in [0, 0.05) is 50.7 Å². The van der Waals surface area contributed by atoms with Crippen LogP contribution < -0.4 is 14.5 Å². The number of ether oxygens (including phenoxy) is 2. The summed E-state index contributed by atoms with van der Waals surface area (Å²) in [4.78, 5) is 22.1. The van der Waals surface area contributed by atoms with Crippen molar-refractivity contribution in [2.45, 2.75) is 4.90 Å². The number of benzene rings is 2. The number of halogens is 1. The molecule has 4 aromatic rings.